The van der Waals surface area contributed by atoms with E-state index in [1.807, 2.05) is 43.5 Å². The SMILES string of the molecule is Cc1cncc(C(=O)N2CCOC(c3nnn4cc(-c5ccccc5)ccc34)C2)c1. The zero-order valence-electron chi connectivity index (χ0n) is 16.6. The van der Waals surface area contributed by atoms with Crippen LogP contribution in [0.5, 0.6) is 0 Å². The van der Waals surface area contributed by atoms with Crippen molar-refractivity contribution in [2.24, 2.45) is 0 Å². The normalized spacial score (nSPS) is 16.7. The lowest BCUT2D eigenvalue weighted by molar-refractivity contribution is -0.0241. The Labute approximate surface area is 173 Å². The maximum Gasteiger partial charge on any atom is 0.255 e. The first kappa shape index (κ1) is 18.4. The number of rotatable bonds is 3. The molecular weight excluding hydrogens is 378 g/mol. The first-order valence-electron chi connectivity index (χ1n) is 9.92. The maximum absolute atomic E-state index is 12.9. The standard InChI is InChI=1S/C23H21N5O2/c1-16-11-19(13-24-12-16)23(29)27-9-10-30-21(15-27)22-20-8-7-18(14-28(20)26-25-22)17-5-3-2-4-6-17/h2-8,11-14,21H,9-10,15H2,1H3. The van der Waals surface area contributed by atoms with Crippen LogP contribution in [-0.2, 0) is 4.74 Å². The predicted molar refractivity (Wildman–Crippen MR) is 112 cm³/mol. The van der Waals surface area contributed by atoms with Crippen molar-refractivity contribution in [3.63, 3.8) is 0 Å². The van der Waals surface area contributed by atoms with E-state index in [2.05, 4.69) is 33.5 Å². The largest absolute Gasteiger partial charge is 0.368 e. The number of aryl methyl sites for hydroxylation is 1. The van der Waals surface area contributed by atoms with Crippen molar-refractivity contribution < 1.29 is 9.53 Å². The Morgan fingerprint density at radius 2 is 1.97 bits per heavy atom. The van der Waals surface area contributed by atoms with Gasteiger partial charge in [0, 0.05) is 30.7 Å². The molecule has 7 heteroatoms. The van der Waals surface area contributed by atoms with Gasteiger partial charge in [-0.1, -0.05) is 41.6 Å². The summed E-state index contributed by atoms with van der Waals surface area (Å²) in [5.41, 5.74) is 5.36. The molecule has 4 heterocycles. The van der Waals surface area contributed by atoms with E-state index >= 15 is 0 Å². The number of pyridine rings is 2. The summed E-state index contributed by atoms with van der Waals surface area (Å²) in [6.45, 7) is 3.36. The fourth-order valence-corrected chi connectivity index (χ4v) is 3.80. The summed E-state index contributed by atoms with van der Waals surface area (Å²) in [5, 5.41) is 8.66. The number of nitrogens with zero attached hydrogens (tertiary/aromatic N) is 5. The van der Waals surface area contributed by atoms with Crippen LogP contribution in [0.2, 0.25) is 0 Å². The van der Waals surface area contributed by atoms with E-state index in [4.69, 9.17) is 4.74 Å². The molecule has 4 aromatic rings. The summed E-state index contributed by atoms with van der Waals surface area (Å²) in [5.74, 6) is -0.0395. The quantitative estimate of drug-likeness (QED) is 0.528. The maximum atomic E-state index is 12.9. The number of ether oxygens (including phenoxy) is 1. The Morgan fingerprint density at radius 1 is 1.10 bits per heavy atom. The molecule has 30 heavy (non-hydrogen) atoms. The van der Waals surface area contributed by atoms with Crippen LogP contribution in [0.1, 0.15) is 27.7 Å². The first-order valence-corrected chi connectivity index (χ1v) is 9.92. The van der Waals surface area contributed by atoms with E-state index in [0.717, 1.165) is 27.9 Å². The number of carbonyl (C=O) groups is 1. The predicted octanol–water partition coefficient (Wildman–Crippen LogP) is 3.31. The highest BCUT2D eigenvalue weighted by Crippen LogP contribution is 2.27. The minimum atomic E-state index is -0.319. The number of amides is 1. The Kier molecular flexibility index (Phi) is 4.72. The topological polar surface area (TPSA) is 72.6 Å². The van der Waals surface area contributed by atoms with E-state index in [-0.39, 0.29) is 12.0 Å². The van der Waals surface area contributed by atoms with Gasteiger partial charge in [-0.25, -0.2) is 4.52 Å². The van der Waals surface area contributed by atoms with Gasteiger partial charge < -0.3 is 9.64 Å². The molecule has 1 unspecified atom stereocenters. The third-order valence-electron chi connectivity index (χ3n) is 5.33. The average molecular weight is 399 g/mol. The fourth-order valence-electron chi connectivity index (χ4n) is 3.80. The molecule has 0 bridgehead atoms. The van der Waals surface area contributed by atoms with Crippen molar-refractivity contribution in [2.45, 2.75) is 13.0 Å². The molecule has 0 aliphatic carbocycles. The van der Waals surface area contributed by atoms with Gasteiger partial charge in [0.2, 0.25) is 0 Å². The summed E-state index contributed by atoms with van der Waals surface area (Å²) in [7, 11) is 0. The Bertz CT molecular complexity index is 1200. The van der Waals surface area contributed by atoms with Crippen molar-refractivity contribution in [1.82, 2.24) is 24.7 Å². The highest BCUT2D eigenvalue weighted by Gasteiger charge is 2.29. The molecule has 1 aromatic carbocycles. The van der Waals surface area contributed by atoms with Crippen LogP contribution in [0.4, 0.5) is 0 Å². The highest BCUT2D eigenvalue weighted by molar-refractivity contribution is 5.94. The molecule has 0 saturated carbocycles. The van der Waals surface area contributed by atoms with Crippen molar-refractivity contribution in [3.8, 4) is 11.1 Å². The molecule has 1 aliphatic heterocycles. The van der Waals surface area contributed by atoms with Gasteiger partial charge in [-0.2, -0.15) is 0 Å². The van der Waals surface area contributed by atoms with Gasteiger partial charge in [-0.3, -0.25) is 9.78 Å². The van der Waals surface area contributed by atoms with Crippen LogP contribution in [-0.4, -0.2) is 50.3 Å². The monoisotopic (exact) mass is 399 g/mol. The molecule has 150 valence electrons. The molecule has 1 atom stereocenters. The van der Waals surface area contributed by atoms with Crippen molar-refractivity contribution in [2.75, 3.05) is 19.7 Å². The number of hydrogen-bond acceptors (Lipinski definition) is 5. The number of benzene rings is 1. The van der Waals surface area contributed by atoms with Gasteiger partial charge in [0.25, 0.3) is 5.91 Å². The zero-order valence-corrected chi connectivity index (χ0v) is 16.6. The summed E-state index contributed by atoms with van der Waals surface area (Å²) in [6.07, 6.45) is 5.00. The van der Waals surface area contributed by atoms with Gasteiger partial charge in [-0.05, 0) is 30.2 Å². The van der Waals surface area contributed by atoms with E-state index < -0.39 is 0 Å². The number of aromatic nitrogens is 4. The van der Waals surface area contributed by atoms with Crippen LogP contribution in [0, 0.1) is 6.92 Å². The zero-order chi connectivity index (χ0) is 20.5. The van der Waals surface area contributed by atoms with Gasteiger partial charge in [0.15, 0.2) is 0 Å². The number of fused-ring (bicyclic) bond motifs is 1. The minimum absolute atomic E-state index is 0.0395. The Hall–Kier alpha value is -3.58. The Morgan fingerprint density at radius 3 is 2.80 bits per heavy atom. The van der Waals surface area contributed by atoms with Gasteiger partial charge >= 0.3 is 0 Å². The molecule has 0 spiro atoms. The lowest BCUT2D eigenvalue weighted by atomic mass is 10.1. The molecule has 1 saturated heterocycles. The van der Waals surface area contributed by atoms with Crippen molar-refractivity contribution in [1.29, 1.82) is 0 Å². The summed E-state index contributed by atoms with van der Waals surface area (Å²) < 4.78 is 7.73. The molecule has 0 radical (unpaired) electrons. The van der Waals surface area contributed by atoms with E-state index in [1.165, 1.54) is 0 Å². The molecular formula is C23H21N5O2. The highest BCUT2D eigenvalue weighted by atomic mass is 16.5. The second-order valence-electron chi connectivity index (χ2n) is 7.45. The smallest absolute Gasteiger partial charge is 0.255 e. The number of morpholine rings is 1. The third-order valence-corrected chi connectivity index (χ3v) is 5.33. The molecule has 0 N–H and O–H groups in total. The van der Waals surface area contributed by atoms with Crippen LogP contribution in [0.25, 0.3) is 16.6 Å². The second-order valence-corrected chi connectivity index (χ2v) is 7.45. The molecule has 3 aromatic heterocycles. The van der Waals surface area contributed by atoms with Crippen LogP contribution in [0.15, 0.2) is 67.1 Å². The van der Waals surface area contributed by atoms with Crippen LogP contribution >= 0.6 is 0 Å². The molecule has 5 rings (SSSR count). The average Bonchev–Trinajstić information content (AvgIpc) is 3.22. The van der Waals surface area contributed by atoms with Gasteiger partial charge in [-0.15, -0.1) is 5.10 Å². The first-order chi connectivity index (χ1) is 14.7. The van der Waals surface area contributed by atoms with E-state index in [9.17, 15) is 4.79 Å². The van der Waals surface area contributed by atoms with Crippen LogP contribution in [0.3, 0.4) is 0 Å². The van der Waals surface area contributed by atoms with E-state index in [1.54, 1.807) is 21.8 Å². The van der Waals surface area contributed by atoms with Crippen LogP contribution < -0.4 is 0 Å². The van der Waals surface area contributed by atoms with Gasteiger partial charge in [0.05, 0.1) is 24.2 Å². The summed E-state index contributed by atoms with van der Waals surface area (Å²) in [4.78, 5) is 18.9. The van der Waals surface area contributed by atoms with E-state index in [0.29, 0.717) is 25.3 Å². The number of carbonyl (C=O) groups excluding carboxylic acids is 1. The van der Waals surface area contributed by atoms with Gasteiger partial charge in [0.1, 0.15) is 11.8 Å². The van der Waals surface area contributed by atoms with Crippen molar-refractivity contribution in [3.05, 3.63) is 83.9 Å². The summed E-state index contributed by atoms with van der Waals surface area (Å²) >= 11 is 0. The molecule has 1 aliphatic rings. The summed E-state index contributed by atoms with van der Waals surface area (Å²) in [6, 6.07) is 16.1. The molecule has 7 nitrogen and oxygen atoms in total. The third kappa shape index (κ3) is 3.44. The second kappa shape index (κ2) is 7.68. The number of hydrogen-bond donors (Lipinski definition) is 0. The Balaban J connectivity index is 1.40. The molecule has 1 amide bonds. The lowest BCUT2D eigenvalue weighted by Gasteiger charge is -2.32. The lowest BCUT2D eigenvalue weighted by Crippen LogP contribution is -2.42. The van der Waals surface area contributed by atoms with Crippen molar-refractivity contribution >= 4 is 11.4 Å². The molecule has 1 fully saturated rings. The fraction of sp³-hybridized carbons (Fsp3) is 0.217. The minimum Gasteiger partial charge on any atom is -0.368 e.